The summed E-state index contributed by atoms with van der Waals surface area (Å²) >= 11 is 0. The number of hydrogen-bond donors (Lipinski definition) is 2. The Morgan fingerprint density at radius 3 is 2.85 bits per heavy atom. The van der Waals surface area contributed by atoms with Crippen molar-refractivity contribution in [3.8, 4) is 11.3 Å². The van der Waals surface area contributed by atoms with E-state index in [-0.39, 0.29) is 24.2 Å². The van der Waals surface area contributed by atoms with Gasteiger partial charge in [-0.2, -0.15) is 0 Å². The molecule has 0 amide bonds. The molecule has 1 atom stereocenters. The number of ether oxygens (including phenoxy) is 1. The molecule has 3 aromatic rings. The number of rotatable bonds is 2. The van der Waals surface area contributed by atoms with E-state index >= 15 is 0 Å². The predicted octanol–water partition coefficient (Wildman–Crippen LogP) is 4.11. The molecule has 26 heavy (non-hydrogen) atoms. The standard InChI is InChI=1S/C21H19FN2O2/c22-16-9-12(17-5-2-8-23-17)6-7-13(16)21-15-10-26-11-19(25)14-3-1-4-18(24-21)20(14)15/h1,3-4,6-7,9,17,23-24H,2,5,8,10-11H2/t17-/m0/s1. The number of aromatic nitrogens is 1. The minimum atomic E-state index is -0.254. The third-order valence-corrected chi connectivity index (χ3v) is 5.43. The summed E-state index contributed by atoms with van der Waals surface area (Å²) < 4.78 is 20.5. The van der Waals surface area contributed by atoms with Crippen LogP contribution in [0.2, 0.25) is 0 Å². The van der Waals surface area contributed by atoms with Crippen molar-refractivity contribution in [1.82, 2.24) is 10.3 Å². The second-order valence-corrected chi connectivity index (χ2v) is 7.01. The number of carbonyl (C=O) groups excluding carboxylic acids is 1. The summed E-state index contributed by atoms with van der Waals surface area (Å²) in [5.74, 6) is -0.292. The highest BCUT2D eigenvalue weighted by atomic mass is 19.1. The molecule has 2 N–H and O–H groups in total. The van der Waals surface area contributed by atoms with E-state index in [1.807, 2.05) is 30.3 Å². The number of halogens is 1. The van der Waals surface area contributed by atoms with Gasteiger partial charge in [0.15, 0.2) is 5.78 Å². The van der Waals surface area contributed by atoms with Gasteiger partial charge in [-0.05, 0) is 43.1 Å². The highest BCUT2D eigenvalue weighted by Crippen LogP contribution is 2.37. The zero-order valence-corrected chi connectivity index (χ0v) is 14.3. The van der Waals surface area contributed by atoms with Crippen molar-refractivity contribution < 1.29 is 13.9 Å². The number of H-pyrrole nitrogens is 1. The zero-order chi connectivity index (χ0) is 17.7. The quantitative estimate of drug-likeness (QED) is 0.731. The maximum absolute atomic E-state index is 15.0. The molecule has 0 saturated carbocycles. The van der Waals surface area contributed by atoms with Crippen LogP contribution in [0.25, 0.3) is 22.2 Å². The van der Waals surface area contributed by atoms with Crippen LogP contribution in [-0.2, 0) is 11.3 Å². The Labute approximate surface area is 150 Å². The van der Waals surface area contributed by atoms with Crippen LogP contribution in [0.5, 0.6) is 0 Å². The Balaban J connectivity index is 1.66. The highest BCUT2D eigenvalue weighted by molar-refractivity contribution is 6.11. The van der Waals surface area contributed by atoms with E-state index in [1.165, 1.54) is 0 Å². The minimum Gasteiger partial charge on any atom is -0.369 e. The van der Waals surface area contributed by atoms with Crippen molar-refractivity contribution >= 4 is 16.7 Å². The molecule has 1 fully saturated rings. The monoisotopic (exact) mass is 350 g/mol. The Morgan fingerprint density at radius 1 is 1.12 bits per heavy atom. The smallest absolute Gasteiger partial charge is 0.189 e. The molecular formula is C21H19FN2O2. The molecule has 132 valence electrons. The lowest BCUT2D eigenvalue weighted by Gasteiger charge is -2.12. The summed E-state index contributed by atoms with van der Waals surface area (Å²) in [5.41, 5.74) is 4.54. The molecule has 1 aromatic heterocycles. The van der Waals surface area contributed by atoms with E-state index in [2.05, 4.69) is 10.3 Å². The van der Waals surface area contributed by atoms with Crippen LogP contribution >= 0.6 is 0 Å². The molecule has 0 radical (unpaired) electrons. The number of nitrogens with one attached hydrogen (secondary N) is 2. The van der Waals surface area contributed by atoms with Gasteiger partial charge in [0.2, 0.25) is 0 Å². The first kappa shape index (κ1) is 15.7. The maximum Gasteiger partial charge on any atom is 0.189 e. The minimum absolute atomic E-state index is 0.0389. The fourth-order valence-electron chi connectivity index (χ4n) is 4.17. The lowest BCUT2D eigenvalue weighted by atomic mass is 9.98. The van der Waals surface area contributed by atoms with Crippen LogP contribution < -0.4 is 5.32 Å². The van der Waals surface area contributed by atoms with E-state index < -0.39 is 0 Å². The molecule has 2 aliphatic rings. The molecule has 5 heteroatoms. The number of aromatic amines is 1. The number of ketones is 1. The molecular weight excluding hydrogens is 331 g/mol. The summed E-state index contributed by atoms with van der Waals surface area (Å²) in [7, 11) is 0. The third-order valence-electron chi connectivity index (χ3n) is 5.43. The predicted molar refractivity (Wildman–Crippen MR) is 97.7 cm³/mol. The molecule has 2 aliphatic heterocycles. The van der Waals surface area contributed by atoms with Crippen LogP contribution in [0, 0.1) is 5.82 Å². The lowest BCUT2D eigenvalue weighted by molar-refractivity contribution is 0.0742. The van der Waals surface area contributed by atoms with Gasteiger partial charge in [-0.25, -0.2) is 4.39 Å². The van der Waals surface area contributed by atoms with E-state index in [1.54, 1.807) is 6.07 Å². The molecule has 1 saturated heterocycles. The molecule has 4 nitrogen and oxygen atoms in total. The van der Waals surface area contributed by atoms with Gasteiger partial charge in [0.25, 0.3) is 0 Å². The Morgan fingerprint density at radius 2 is 2.04 bits per heavy atom. The van der Waals surface area contributed by atoms with Gasteiger partial charge in [-0.3, -0.25) is 4.79 Å². The van der Waals surface area contributed by atoms with Crippen molar-refractivity contribution in [2.75, 3.05) is 13.2 Å². The molecule has 5 rings (SSSR count). The molecule has 0 bridgehead atoms. The average Bonchev–Trinajstić information content (AvgIpc) is 3.26. The van der Waals surface area contributed by atoms with Crippen LogP contribution in [0.4, 0.5) is 4.39 Å². The summed E-state index contributed by atoms with van der Waals surface area (Å²) in [5, 5.41) is 4.25. The Kier molecular flexibility index (Phi) is 3.65. The van der Waals surface area contributed by atoms with Gasteiger partial charge in [0.1, 0.15) is 12.4 Å². The van der Waals surface area contributed by atoms with E-state index in [4.69, 9.17) is 4.74 Å². The van der Waals surface area contributed by atoms with E-state index in [0.717, 1.165) is 41.4 Å². The first-order valence-electron chi connectivity index (χ1n) is 9.00. The number of Topliss-reactive ketones (excluding diaryl/α,β-unsaturated/α-hetero) is 1. The van der Waals surface area contributed by atoms with Gasteiger partial charge >= 0.3 is 0 Å². The second-order valence-electron chi connectivity index (χ2n) is 7.01. The summed E-state index contributed by atoms with van der Waals surface area (Å²) in [6, 6.07) is 11.2. The fourth-order valence-corrected chi connectivity index (χ4v) is 4.17. The fraction of sp³-hybridized carbons (Fsp3) is 0.286. The van der Waals surface area contributed by atoms with Crippen LogP contribution in [0.15, 0.2) is 36.4 Å². The number of carbonyl (C=O) groups is 1. The topological polar surface area (TPSA) is 54.1 Å². The lowest BCUT2D eigenvalue weighted by Crippen LogP contribution is -2.13. The molecule has 2 aromatic carbocycles. The first-order chi connectivity index (χ1) is 12.7. The zero-order valence-electron chi connectivity index (χ0n) is 14.3. The van der Waals surface area contributed by atoms with Gasteiger partial charge in [0.05, 0.1) is 12.3 Å². The van der Waals surface area contributed by atoms with Crippen molar-refractivity contribution in [2.24, 2.45) is 0 Å². The van der Waals surface area contributed by atoms with E-state index in [9.17, 15) is 9.18 Å². The van der Waals surface area contributed by atoms with Crippen molar-refractivity contribution in [3.63, 3.8) is 0 Å². The summed E-state index contributed by atoms with van der Waals surface area (Å²) in [6.45, 7) is 1.33. The van der Waals surface area contributed by atoms with Gasteiger partial charge in [-0.15, -0.1) is 0 Å². The molecule has 3 heterocycles. The Hall–Kier alpha value is -2.50. The van der Waals surface area contributed by atoms with Crippen molar-refractivity contribution in [3.05, 3.63) is 58.9 Å². The highest BCUT2D eigenvalue weighted by Gasteiger charge is 2.24. The normalized spacial score (nSPS) is 19.9. The van der Waals surface area contributed by atoms with Crippen LogP contribution in [-0.4, -0.2) is 23.9 Å². The maximum atomic E-state index is 15.0. The van der Waals surface area contributed by atoms with Crippen LogP contribution in [0.3, 0.4) is 0 Å². The first-order valence-corrected chi connectivity index (χ1v) is 9.00. The molecule has 0 aliphatic carbocycles. The number of benzene rings is 2. The van der Waals surface area contributed by atoms with Crippen molar-refractivity contribution in [2.45, 2.75) is 25.5 Å². The summed E-state index contributed by atoms with van der Waals surface area (Å²) in [4.78, 5) is 15.6. The Bertz CT molecular complexity index is 1020. The average molecular weight is 350 g/mol. The second kappa shape index (κ2) is 6.04. The molecule has 0 unspecified atom stereocenters. The van der Waals surface area contributed by atoms with Gasteiger partial charge in [0, 0.05) is 33.6 Å². The van der Waals surface area contributed by atoms with Gasteiger partial charge in [-0.1, -0.05) is 18.2 Å². The van der Waals surface area contributed by atoms with Crippen LogP contribution in [0.1, 0.15) is 40.4 Å². The summed E-state index contributed by atoms with van der Waals surface area (Å²) in [6.07, 6.45) is 2.16. The number of hydrogen-bond acceptors (Lipinski definition) is 3. The third kappa shape index (κ3) is 2.39. The van der Waals surface area contributed by atoms with Gasteiger partial charge < -0.3 is 15.0 Å². The SMILES string of the molecule is O=C1COCc2c(-c3ccc([C@@H]4CCCN4)cc3F)[nH]c3cccc1c23. The largest absolute Gasteiger partial charge is 0.369 e. The van der Waals surface area contributed by atoms with E-state index in [0.29, 0.717) is 23.4 Å². The molecule has 0 spiro atoms. The van der Waals surface area contributed by atoms with Crippen molar-refractivity contribution in [1.29, 1.82) is 0 Å².